The van der Waals surface area contributed by atoms with Crippen LogP contribution in [0.4, 0.5) is 4.39 Å². The topological polar surface area (TPSA) is 24.5 Å². The minimum atomic E-state index is -0.283. The van der Waals surface area contributed by atoms with Crippen molar-refractivity contribution in [3.63, 3.8) is 0 Å². The van der Waals surface area contributed by atoms with E-state index in [9.17, 15) is 4.39 Å². The summed E-state index contributed by atoms with van der Waals surface area (Å²) in [5.74, 6) is 0.0242. The summed E-state index contributed by atoms with van der Waals surface area (Å²) in [6.07, 6.45) is 0. The first-order valence-corrected chi connectivity index (χ1v) is 7.21. The fraction of sp³-hybridized carbons (Fsp3) is 0.625. The zero-order valence-electron chi connectivity index (χ0n) is 13.3. The summed E-state index contributed by atoms with van der Waals surface area (Å²) in [6, 6.07) is 5.55. The molecular formula is C16H26ClFN2O. The van der Waals surface area contributed by atoms with Crippen LogP contribution in [0.15, 0.2) is 18.2 Å². The molecule has 0 amide bonds. The highest BCUT2D eigenvalue weighted by molar-refractivity contribution is 5.85. The lowest BCUT2D eigenvalue weighted by Gasteiger charge is -2.42. The van der Waals surface area contributed by atoms with Crippen molar-refractivity contribution in [2.24, 2.45) is 5.41 Å². The van der Waals surface area contributed by atoms with Crippen LogP contribution in [0.3, 0.4) is 0 Å². The molecule has 1 fully saturated rings. The van der Waals surface area contributed by atoms with Gasteiger partial charge in [-0.05, 0) is 23.1 Å². The molecule has 0 aromatic heterocycles. The van der Waals surface area contributed by atoms with Crippen molar-refractivity contribution in [3.8, 4) is 5.75 Å². The molecule has 1 aliphatic rings. The number of halogens is 2. The third-order valence-electron chi connectivity index (χ3n) is 3.83. The number of hydrogen-bond donors (Lipinski definition) is 1. The first-order chi connectivity index (χ1) is 9.43. The molecule has 21 heavy (non-hydrogen) atoms. The molecule has 0 bridgehead atoms. The Morgan fingerprint density at radius 1 is 1.24 bits per heavy atom. The normalized spacial score (nSPS) is 18.0. The van der Waals surface area contributed by atoms with E-state index in [1.807, 2.05) is 6.07 Å². The minimum Gasteiger partial charge on any atom is -0.494 e. The van der Waals surface area contributed by atoms with Gasteiger partial charge >= 0.3 is 0 Å². The number of piperazine rings is 1. The molecule has 1 atom stereocenters. The second-order valence-electron chi connectivity index (χ2n) is 6.45. The molecule has 1 heterocycles. The summed E-state index contributed by atoms with van der Waals surface area (Å²) >= 11 is 0. The molecular weight excluding hydrogens is 291 g/mol. The SMILES string of the molecule is COc1ccc([C@H](N2CCNCC2)C(C)(C)C)cc1F.Cl. The smallest absolute Gasteiger partial charge is 0.165 e. The molecule has 0 spiro atoms. The Morgan fingerprint density at radius 2 is 1.86 bits per heavy atom. The molecule has 5 heteroatoms. The third kappa shape index (κ3) is 4.31. The average Bonchev–Trinajstić information content (AvgIpc) is 2.39. The summed E-state index contributed by atoms with van der Waals surface area (Å²) in [5, 5.41) is 3.37. The van der Waals surface area contributed by atoms with Crippen LogP contribution >= 0.6 is 12.4 Å². The van der Waals surface area contributed by atoms with Crippen LogP contribution in [0.25, 0.3) is 0 Å². The average molecular weight is 317 g/mol. The van der Waals surface area contributed by atoms with Gasteiger partial charge in [-0.25, -0.2) is 4.39 Å². The van der Waals surface area contributed by atoms with Gasteiger partial charge in [-0.15, -0.1) is 12.4 Å². The van der Waals surface area contributed by atoms with Crippen LogP contribution in [0.2, 0.25) is 0 Å². The van der Waals surface area contributed by atoms with Crippen LogP contribution in [-0.2, 0) is 0 Å². The van der Waals surface area contributed by atoms with E-state index in [1.54, 1.807) is 12.1 Å². The highest BCUT2D eigenvalue weighted by atomic mass is 35.5. The molecule has 120 valence electrons. The van der Waals surface area contributed by atoms with E-state index in [0.717, 1.165) is 31.7 Å². The van der Waals surface area contributed by atoms with Crippen molar-refractivity contribution in [1.82, 2.24) is 10.2 Å². The monoisotopic (exact) mass is 316 g/mol. The standard InChI is InChI=1S/C16H25FN2O.ClH/c1-16(2,3)15(19-9-7-18-8-10-19)12-5-6-14(20-4)13(17)11-12;/h5-6,11,15,18H,7-10H2,1-4H3;1H/t15-;/m0./s1. The van der Waals surface area contributed by atoms with Crippen molar-refractivity contribution in [2.45, 2.75) is 26.8 Å². The maximum absolute atomic E-state index is 14.0. The summed E-state index contributed by atoms with van der Waals surface area (Å²) in [4.78, 5) is 2.44. The van der Waals surface area contributed by atoms with Gasteiger partial charge in [-0.2, -0.15) is 0 Å². The van der Waals surface area contributed by atoms with E-state index >= 15 is 0 Å². The van der Waals surface area contributed by atoms with Gasteiger partial charge in [-0.3, -0.25) is 4.90 Å². The molecule has 1 aromatic carbocycles. The second-order valence-corrected chi connectivity index (χ2v) is 6.45. The summed E-state index contributed by atoms with van der Waals surface area (Å²) < 4.78 is 19.0. The van der Waals surface area contributed by atoms with Crippen molar-refractivity contribution in [3.05, 3.63) is 29.6 Å². The lowest BCUT2D eigenvalue weighted by atomic mass is 9.81. The number of benzene rings is 1. The van der Waals surface area contributed by atoms with Crippen molar-refractivity contribution in [1.29, 1.82) is 0 Å². The highest BCUT2D eigenvalue weighted by Crippen LogP contribution is 2.39. The first kappa shape index (κ1) is 18.2. The van der Waals surface area contributed by atoms with Gasteiger partial charge < -0.3 is 10.1 Å². The van der Waals surface area contributed by atoms with E-state index in [4.69, 9.17) is 4.74 Å². The Morgan fingerprint density at radius 3 is 2.33 bits per heavy atom. The van der Waals surface area contributed by atoms with Crippen molar-refractivity contribution < 1.29 is 9.13 Å². The number of hydrogen-bond acceptors (Lipinski definition) is 3. The lowest BCUT2D eigenvalue weighted by Crippen LogP contribution is -2.48. The van der Waals surface area contributed by atoms with Gasteiger partial charge in [0.25, 0.3) is 0 Å². The van der Waals surface area contributed by atoms with E-state index in [2.05, 4.69) is 31.0 Å². The Kier molecular flexibility index (Phi) is 6.44. The second kappa shape index (κ2) is 7.43. The molecule has 0 aliphatic carbocycles. The third-order valence-corrected chi connectivity index (χ3v) is 3.83. The van der Waals surface area contributed by atoms with Gasteiger partial charge in [0.2, 0.25) is 0 Å². The molecule has 0 unspecified atom stereocenters. The van der Waals surface area contributed by atoms with E-state index in [-0.39, 0.29) is 29.7 Å². The Labute approximate surface area is 133 Å². The van der Waals surface area contributed by atoms with Crippen LogP contribution in [0.1, 0.15) is 32.4 Å². The summed E-state index contributed by atoms with van der Waals surface area (Å²) in [5.41, 5.74) is 1.08. The lowest BCUT2D eigenvalue weighted by molar-refractivity contribution is 0.0859. The van der Waals surface area contributed by atoms with Crippen LogP contribution in [0.5, 0.6) is 5.75 Å². The minimum absolute atomic E-state index is 0. The van der Waals surface area contributed by atoms with Crippen LogP contribution < -0.4 is 10.1 Å². The molecule has 1 aromatic rings. The number of nitrogens with one attached hydrogen (secondary N) is 1. The Balaban J connectivity index is 0.00000220. The molecule has 1 aliphatic heterocycles. The zero-order valence-corrected chi connectivity index (χ0v) is 14.1. The predicted molar refractivity (Wildman–Crippen MR) is 86.8 cm³/mol. The quantitative estimate of drug-likeness (QED) is 0.926. The van der Waals surface area contributed by atoms with E-state index in [1.165, 1.54) is 7.11 Å². The molecule has 2 rings (SSSR count). The number of methoxy groups -OCH3 is 1. The molecule has 1 N–H and O–H groups in total. The van der Waals surface area contributed by atoms with E-state index in [0.29, 0.717) is 5.75 Å². The van der Waals surface area contributed by atoms with Crippen molar-refractivity contribution in [2.75, 3.05) is 33.3 Å². The number of nitrogens with zero attached hydrogens (tertiary/aromatic N) is 1. The molecule has 0 saturated carbocycles. The fourth-order valence-corrected chi connectivity index (χ4v) is 3.05. The van der Waals surface area contributed by atoms with Gasteiger partial charge in [0.15, 0.2) is 11.6 Å². The number of rotatable bonds is 3. The van der Waals surface area contributed by atoms with Gasteiger partial charge in [0, 0.05) is 32.2 Å². The summed E-state index contributed by atoms with van der Waals surface area (Å²) in [7, 11) is 1.50. The number of ether oxygens (including phenoxy) is 1. The van der Waals surface area contributed by atoms with Crippen LogP contribution in [-0.4, -0.2) is 38.2 Å². The molecule has 3 nitrogen and oxygen atoms in total. The van der Waals surface area contributed by atoms with Crippen LogP contribution in [0, 0.1) is 11.2 Å². The largest absolute Gasteiger partial charge is 0.494 e. The fourth-order valence-electron chi connectivity index (χ4n) is 3.05. The maximum Gasteiger partial charge on any atom is 0.165 e. The van der Waals surface area contributed by atoms with E-state index < -0.39 is 0 Å². The van der Waals surface area contributed by atoms with Gasteiger partial charge in [0.05, 0.1) is 7.11 Å². The predicted octanol–water partition coefficient (Wildman–Crippen LogP) is 3.25. The molecule has 0 radical (unpaired) electrons. The Hall–Kier alpha value is -0.840. The first-order valence-electron chi connectivity index (χ1n) is 7.21. The highest BCUT2D eigenvalue weighted by Gasteiger charge is 2.32. The van der Waals surface area contributed by atoms with Gasteiger partial charge in [-0.1, -0.05) is 26.8 Å². The van der Waals surface area contributed by atoms with Crippen molar-refractivity contribution >= 4 is 12.4 Å². The Bertz CT molecular complexity index is 456. The molecule has 1 saturated heterocycles. The van der Waals surface area contributed by atoms with Gasteiger partial charge in [0.1, 0.15) is 0 Å². The summed E-state index contributed by atoms with van der Waals surface area (Å²) in [6.45, 7) is 10.6. The zero-order chi connectivity index (χ0) is 14.8. The maximum atomic E-state index is 14.0.